The molecule has 102 valence electrons. The quantitative estimate of drug-likeness (QED) is 0.781. The van der Waals surface area contributed by atoms with Crippen LogP contribution >= 0.6 is 11.6 Å². The van der Waals surface area contributed by atoms with Crippen molar-refractivity contribution in [3.63, 3.8) is 0 Å². The molecule has 0 aliphatic carbocycles. The number of halogens is 2. The first-order valence-electron chi connectivity index (χ1n) is 5.92. The van der Waals surface area contributed by atoms with E-state index in [1.807, 2.05) is 13.0 Å². The lowest BCUT2D eigenvalue weighted by Gasteiger charge is -2.01. The van der Waals surface area contributed by atoms with Gasteiger partial charge in [-0.2, -0.15) is 5.10 Å². The molecule has 0 amide bonds. The number of furan rings is 1. The van der Waals surface area contributed by atoms with Gasteiger partial charge in [0.2, 0.25) is 0 Å². The summed E-state index contributed by atoms with van der Waals surface area (Å²) < 4.78 is 20.5. The summed E-state index contributed by atoms with van der Waals surface area (Å²) in [6.07, 6.45) is 1.61. The minimum absolute atomic E-state index is 0.0655. The average molecular weight is 292 g/mol. The van der Waals surface area contributed by atoms with Crippen LogP contribution in [-0.4, -0.2) is 9.78 Å². The standard InChI is InChI=1S/C14H11ClFN3O/c1-8-2-5-13(20-8)14-12(17)7-19(18-14)9-3-4-10(15)11(16)6-9/h2-7H,17H2,1H3. The Morgan fingerprint density at radius 1 is 1.30 bits per heavy atom. The van der Waals surface area contributed by atoms with Gasteiger partial charge in [0, 0.05) is 6.07 Å². The van der Waals surface area contributed by atoms with Gasteiger partial charge in [0.25, 0.3) is 0 Å². The van der Waals surface area contributed by atoms with E-state index in [4.69, 9.17) is 21.8 Å². The summed E-state index contributed by atoms with van der Waals surface area (Å²) in [5, 5.41) is 4.39. The Bertz CT molecular complexity index is 779. The van der Waals surface area contributed by atoms with Gasteiger partial charge in [0.15, 0.2) is 11.5 Å². The van der Waals surface area contributed by atoms with E-state index in [1.54, 1.807) is 18.3 Å². The van der Waals surface area contributed by atoms with Gasteiger partial charge in [0.05, 0.1) is 22.6 Å². The fraction of sp³-hybridized carbons (Fsp3) is 0.0714. The summed E-state index contributed by atoms with van der Waals surface area (Å²) in [4.78, 5) is 0. The lowest BCUT2D eigenvalue weighted by molar-refractivity contribution is 0.546. The summed E-state index contributed by atoms with van der Waals surface area (Å²) in [7, 11) is 0. The molecule has 0 aliphatic rings. The molecule has 3 rings (SSSR count). The number of aromatic nitrogens is 2. The molecule has 0 fully saturated rings. The van der Waals surface area contributed by atoms with Crippen LogP contribution < -0.4 is 5.73 Å². The Balaban J connectivity index is 2.06. The van der Waals surface area contributed by atoms with Crippen LogP contribution in [0.1, 0.15) is 5.76 Å². The SMILES string of the molecule is Cc1ccc(-c2nn(-c3ccc(Cl)c(F)c3)cc2N)o1. The number of aryl methyl sites for hydroxylation is 1. The number of nitrogens with zero attached hydrogens (tertiary/aromatic N) is 2. The van der Waals surface area contributed by atoms with Crippen molar-refractivity contribution in [2.45, 2.75) is 6.92 Å². The van der Waals surface area contributed by atoms with Crippen molar-refractivity contribution in [1.29, 1.82) is 0 Å². The fourth-order valence-corrected chi connectivity index (χ4v) is 2.02. The third-order valence-electron chi connectivity index (χ3n) is 2.88. The molecule has 0 bridgehead atoms. The van der Waals surface area contributed by atoms with Crippen LogP contribution in [0.3, 0.4) is 0 Å². The van der Waals surface area contributed by atoms with Crippen LogP contribution in [0, 0.1) is 12.7 Å². The minimum atomic E-state index is -0.506. The number of nitrogen functional groups attached to an aromatic ring is 1. The van der Waals surface area contributed by atoms with E-state index < -0.39 is 5.82 Å². The number of hydrogen-bond acceptors (Lipinski definition) is 3. The average Bonchev–Trinajstić information content (AvgIpc) is 2.99. The summed E-state index contributed by atoms with van der Waals surface area (Å²) in [6.45, 7) is 1.84. The summed E-state index contributed by atoms with van der Waals surface area (Å²) >= 11 is 5.66. The van der Waals surface area contributed by atoms with Crippen molar-refractivity contribution in [2.24, 2.45) is 0 Å². The first kappa shape index (κ1) is 12.7. The number of rotatable bonds is 2. The normalized spacial score (nSPS) is 10.9. The molecule has 2 aromatic heterocycles. The molecule has 20 heavy (non-hydrogen) atoms. The Labute approximate surface area is 119 Å². The van der Waals surface area contributed by atoms with Crippen LogP contribution in [0.15, 0.2) is 40.9 Å². The van der Waals surface area contributed by atoms with Crippen molar-refractivity contribution in [1.82, 2.24) is 9.78 Å². The second kappa shape index (κ2) is 4.68. The second-order valence-corrected chi connectivity index (χ2v) is 4.79. The van der Waals surface area contributed by atoms with Crippen LogP contribution in [0.25, 0.3) is 17.1 Å². The zero-order valence-corrected chi connectivity index (χ0v) is 11.4. The van der Waals surface area contributed by atoms with Gasteiger partial charge in [-0.25, -0.2) is 9.07 Å². The predicted octanol–water partition coefficient (Wildman–Crippen LogP) is 3.82. The molecule has 0 unspecified atom stereocenters. The molecular formula is C14H11ClFN3O. The van der Waals surface area contributed by atoms with Gasteiger partial charge in [-0.05, 0) is 31.2 Å². The molecule has 0 saturated carbocycles. The van der Waals surface area contributed by atoms with Crippen molar-refractivity contribution >= 4 is 17.3 Å². The zero-order chi connectivity index (χ0) is 14.3. The highest BCUT2D eigenvalue weighted by atomic mass is 35.5. The highest BCUT2D eigenvalue weighted by Gasteiger charge is 2.13. The number of nitrogens with two attached hydrogens (primary N) is 1. The summed E-state index contributed by atoms with van der Waals surface area (Å²) in [5.74, 6) is 0.841. The van der Waals surface area contributed by atoms with E-state index in [0.717, 1.165) is 5.76 Å². The Morgan fingerprint density at radius 3 is 2.75 bits per heavy atom. The molecule has 0 saturated heterocycles. The number of hydrogen-bond donors (Lipinski definition) is 1. The summed E-state index contributed by atoms with van der Waals surface area (Å²) in [6, 6.07) is 8.05. The summed E-state index contributed by atoms with van der Waals surface area (Å²) in [5.41, 5.74) is 7.44. The molecule has 2 heterocycles. The van der Waals surface area contributed by atoms with Gasteiger partial charge in [-0.1, -0.05) is 11.6 Å². The van der Waals surface area contributed by atoms with Crippen molar-refractivity contribution < 1.29 is 8.81 Å². The first-order chi connectivity index (χ1) is 9.54. The topological polar surface area (TPSA) is 57.0 Å². The Kier molecular flexibility index (Phi) is 2.99. The second-order valence-electron chi connectivity index (χ2n) is 4.39. The Hall–Kier alpha value is -2.27. The van der Waals surface area contributed by atoms with Crippen molar-refractivity contribution in [3.8, 4) is 17.1 Å². The van der Waals surface area contributed by atoms with Gasteiger partial charge >= 0.3 is 0 Å². The molecular weight excluding hydrogens is 281 g/mol. The maximum absolute atomic E-state index is 13.5. The molecule has 0 atom stereocenters. The maximum atomic E-state index is 13.5. The third-order valence-corrected chi connectivity index (χ3v) is 3.19. The molecule has 0 aliphatic heterocycles. The number of anilines is 1. The maximum Gasteiger partial charge on any atom is 0.156 e. The van der Waals surface area contributed by atoms with Crippen LogP contribution in [0.4, 0.5) is 10.1 Å². The van der Waals surface area contributed by atoms with Gasteiger partial charge < -0.3 is 10.2 Å². The lowest BCUT2D eigenvalue weighted by Crippen LogP contribution is -1.95. The minimum Gasteiger partial charge on any atom is -0.460 e. The van der Waals surface area contributed by atoms with Crippen LogP contribution in [0.2, 0.25) is 5.02 Å². The van der Waals surface area contributed by atoms with Crippen molar-refractivity contribution in [3.05, 3.63) is 53.1 Å². The largest absolute Gasteiger partial charge is 0.460 e. The lowest BCUT2D eigenvalue weighted by atomic mass is 10.3. The van der Waals surface area contributed by atoms with E-state index in [2.05, 4.69) is 5.10 Å². The van der Waals surface area contributed by atoms with E-state index in [1.165, 1.54) is 16.8 Å². The first-order valence-corrected chi connectivity index (χ1v) is 6.30. The molecule has 3 aromatic rings. The molecule has 1 aromatic carbocycles. The third kappa shape index (κ3) is 2.16. The fourth-order valence-electron chi connectivity index (χ4n) is 1.90. The number of benzene rings is 1. The highest BCUT2D eigenvalue weighted by molar-refractivity contribution is 6.30. The predicted molar refractivity (Wildman–Crippen MR) is 75.4 cm³/mol. The van der Waals surface area contributed by atoms with Gasteiger partial charge in [-0.3, -0.25) is 0 Å². The monoisotopic (exact) mass is 291 g/mol. The van der Waals surface area contributed by atoms with E-state index in [-0.39, 0.29) is 5.02 Å². The van der Waals surface area contributed by atoms with Gasteiger partial charge in [-0.15, -0.1) is 0 Å². The molecule has 0 spiro atoms. The van der Waals surface area contributed by atoms with Crippen LogP contribution in [0.5, 0.6) is 0 Å². The van der Waals surface area contributed by atoms with E-state index in [9.17, 15) is 4.39 Å². The van der Waals surface area contributed by atoms with E-state index in [0.29, 0.717) is 22.8 Å². The molecule has 6 heteroatoms. The van der Waals surface area contributed by atoms with Crippen LogP contribution in [-0.2, 0) is 0 Å². The molecule has 2 N–H and O–H groups in total. The zero-order valence-electron chi connectivity index (χ0n) is 10.6. The smallest absolute Gasteiger partial charge is 0.156 e. The molecule has 0 radical (unpaired) electrons. The molecule has 4 nitrogen and oxygen atoms in total. The van der Waals surface area contributed by atoms with Gasteiger partial charge in [0.1, 0.15) is 11.6 Å². The van der Waals surface area contributed by atoms with E-state index >= 15 is 0 Å². The van der Waals surface area contributed by atoms with Crippen molar-refractivity contribution in [2.75, 3.05) is 5.73 Å². The highest BCUT2D eigenvalue weighted by Crippen LogP contribution is 2.27. The Morgan fingerprint density at radius 2 is 2.10 bits per heavy atom.